The number of nitrogens with zero attached hydrogens (tertiary/aromatic N) is 2. The fourth-order valence-corrected chi connectivity index (χ4v) is 12.9. The predicted molar refractivity (Wildman–Crippen MR) is 301 cm³/mol. The maximum Gasteiger partial charge on any atom is 0.252 e. The van der Waals surface area contributed by atoms with E-state index in [0.29, 0.717) is 0 Å². The lowest BCUT2D eigenvalue weighted by molar-refractivity contribution is 0.332. The Bertz CT molecular complexity index is 3470. The normalized spacial score (nSPS) is 18.3. The van der Waals surface area contributed by atoms with Crippen molar-refractivity contribution in [2.24, 2.45) is 0 Å². The van der Waals surface area contributed by atoms with Crippen LogP contribution in [0.5, 0.6) is 0 Å². The Morgan fingerprint density at radius 3 is 1.59 bits per heavy atom. The van der Waals surface area contributed by atoms with Crippen LogP contribution in [0.3, 0.4) is 0 Å². The van der Waals surface area contributed by atoms with Crippen molar-refractivity contribution in [3.05, 3.63) is 161 Å². The summed E-state index contributed by atoms with van der Waals surface area (Å²) in [5, 5.41) is 2.31. The maximum atomic E-state index is 6.39. The minimum atomic E-state index is -0.113. The number of hydrogen-bond acceptors (Lipinski definition) is 3. The van der Waals surface area contributed by atoms with E-state index in [2.05, 4.69) is 228 Å². The molecule has 8 aromatic rings. The van der Waals surface area contributed by atoms with Gasteiger partial charge >= 0.3 is 0 Å². The smallest absolute Gasteiger partial charge is 0.252 e. The molecular formula is C66H71BN2O. The molecular weight excluding hydrogens is 848 g/mol. The van der Waals surface area contributed by atoms with Gasteiger partial charge in [0.15, 0.2) is 0 Å². The summed E-state index contributed by atoms with van der Waals surface area (Å²) >= 11 is 0. The van der Waals surface area contributed by atoms with E-state index in [1.807, 2.05) is 6.07 Å². The molecule has 7 aromatic carbocycles. The molecule has 3 nitrogen and oxygen atoms in total. The second kappa shape index (κ2) is 14.8. The molecule has 0 fully saturated rings. The molecule has 0 amide bonds. The van der Waals surface area contributed by atoms with Crippen molar-refractivity contribution >= 4 is 79.2 Å². The van der Waals surface area contributed by atoms with Gasteiger partial charge in [0.2, 0.25) is 0 Å². The monoisotopic (exact) mass is 919 g/mol. The van der Waals surface area contributed by atoms with Gasteiger partial charge in [-0.2, -0.15) is 0 Å². The largest absolute Gasteiger partial charge is 0.456 e. The van der Waals surface area contributed by atoms with Crippen LogP contribution < -0.4 is 26.2 Å². The molecule has 0 radical (unpaired) electrons. The minimum absolute atomic E-state index is 0.0252. The molecule has 0 saturated carbocycles. The summed E-state index contributed by atoms with van der Waals surface area (Å²) in [6.45, 7) is 34.0. The van der Waals surface area contributed by atoms with Gasteiger partial charge in [0.05, 0.1) is 0 Å². The van der Waals surface area contributed by atoms with Gasteiger partial charge in [0.25, 0.3) is 6.71 Å². The lowest BCUT2D eigenvalue weighted by atomic mass is 9.32. The highest BCUT2D eigenvalue weighted by Gasteiger charge is 2.48. The Kier molecular flexibility index (Phi) is 9.54. The maximum absolute atomic E-state index is 6.39. The zero-order valence-corrected chi connectivity index (χ0v) is 44.3. The molecule has 12 rings (SSSR count). The Hall–Kier alpha value is -6.00. The average Bonchev–Trinajstić information content (AvgIpc) is 3.69. The summed E-state index contributed by atoms with van der Waals surface area (Å²) in [7, 11) is 0. The zero-order valence-electron chi connectivity index (χ0n) is 44.3. The molecule has 3 heterocycles. The van der Waals surface area contributed by atoms with Gasteiger partial charge in [0.1, 0.15) is 11.2 Å². The number of hydrogen-bond donors (Lipinski definition) is 0. The number of anilines is 6. The first-order valence-electron chi connectivity index (χ1n) is 26.2. The van der Waals surface area contributed by atoms with Crippen molar-refractivity contribution in [1.29, 1.82) is 0 Å². The summed E-state index contributed by atoms with van der Waals surface area (Å²) in [5.74, 6) is 0. The van der Waals surface area contributed by atoms with Crippen molar-refractivity contribution < 1.29 is 4.42 Å². The number of fused-ring (bicyclic) bond motifs is 9. The average molecular weight is 919 g/mol. The minimum Gasteiger partial charge on any atom is -0.456 e. The highest BCUT2D eigenvalue weighted by atomic mass is 16.3. The Balaban J connectivity index is 1.14. The van der Waals surface area contributed by atoms with E-state index >= 15 is 0 Å². The van der Waals surface area contributed by atoms with Crippen LogP contribution >= 0.6 is 0 Å². The third-order valence-corrected chi connectivity index (χ3v) is 17.7. The molecule has 0 bridgehead atoms. The van der Waals surface area contributed by atoms with Gasteiger partial charge in [-0.25, -0.2) is 0 Å². The summed E-state index contributed by atoms with van der Waals surface area (Å²) in [4.78, 5) is 5.32. The Morgan fingerprint density at radius 2 is 0.943 bits per heavy atom. The molecule has 1 aromatic heterocycles. The van der Waals surface area contributed by atoms with Crippen LogP contribution in [0.1, 0.15) is 156 Å². The highest BCUT2D eigenvalue weighted by Crippen LogP contribution is 2.53. The summed E-state index contributed by atoms with van der Waals surface area (Å²) < 4.78 is 6.39. The van der Waals surface area contributed by atoms with E-state index in [1.54, 1.807) is 0 Å². The molecule has 2 aliphatic carbocycles. The summed E-state index contributed by atoms with van der Waals surface area (Å²) in [6.07, 6.45) is 4.70. The molecule has 70 heavy (non-hydrogen) atoms. The van der Waals surface area contributed by atoms with Crippen LogP contribution in [-0.4, -0.2) is 6.71 Å². The lowest BCUT2D eigenvalue weighted by Crippen LogP contribution is -2.62. The van der Waals surface area contributed by atoms with Gasteiger partial charge in [-0.1, -0.05) is 158 Å². The standard InChI is InChI=1S/C66H71BN2O/c1-61(2,3)42-22-28-54-52(34-42)67-53-38-50-51(66(13,14)32-31-65(50,11)12)39-55(53)68(44-23-19-40(20-24-44)41-21-26-47-46-17-15-16-18-58(46)70-59(47)33-41)56-35-43(62(4,5)6)36-57(60(56)67)69(54)45-25-27-48-49(37-45)64(9,10)30-29-63(48,7)8/h15-28,33-39H,29-32H2,1-14H3. The van der Waals surface area contributed by atoms with E-state index in [1.165, 1.54) is 109 Å². The van der Waals surface area contributed by atoms with Gasteiger partial charge in [-0.3, -0.25) is 0 Å². The van der Waals surface area contributed by atoms with E-state index in [0.717, 1.165) is 33.9 Å². The first-order valence-corrected chi connectivity index (χ1v) is 26.2. The Labute approximate surface area is 418 Å². The molecule has 0 N–H and O–H groups in total. The number of rotatable bonds is 3. The zero-order chi connectivity index (χ0) is 49.2. The third-order valence-electron chi connectivity index (χ3n) is 17.7. The summed E-state index contributed by atoms with van der Waals surface area (Å²) in [5.41, 5.74) is 24.8. The van der Waals surface area contributed by atoms with Crippen LogP contribution in [0.4, 0.5) is 34.1 Å². The fourth-order valence-electron chi connectivity index (χ4n) is 12.9. The van der Waals surface area contributed by atoms with Crippen molar-refractivity contribution in [1.82, 2.24) is 0 Å². The first-order chi connectivity index (χ1) is 32.9. The predicted octanol–water partition coefficient (Wildman–Crippen LogP) is 16.6. The summed E-state index contributed by atoms with van der Waals surface area (Å²) in [6, 6.07) is 49.8. The number of para-hydroxylation sites is 1. The van der Waals surface area contributed by atoms with Gasteiger partial charge in [-0.15, -0.1) is 0 Å². The quantitative estimate of drug-likeness (QED) is 0.165. The molecule has 4 aliphatic rings. The van der Waals surface area contributed by atoms with E-state index < -0.39 is 0 Å². The van der Waals surface area contributed by atoms with Crippen molar-refractivity contribution in [2.75, 3.05) is 9.80 Å². The van der Waals surface area contributed by atoms with Gasteiger partial charge in [-0.05, 0) is 186 Å². The van der Waals surface area contributed by atoms with Crippen molar-refractivity contribution in [3.63, 3.8) is 0 Å². The molecule has 0 unspecified atom stereocenters. The second-order valence-electron chi connectivity index (χ2n) is 26.4. The molecule has 0 spiro atoms. The van der Waals surface area contributed by atoms with E-state index in [-0.39, 0.29) is 39.2 Å². The van der Waals surface area contributed by atoms with Crippen LogP contribution in [0, 0.1) is 0 Å². The second-order valence-corrected chi connectivity index (χ2v) is 26.4. The molecule has 0 atom stereocenters. The van der Waals surface area contributed by atoms with Crippen LogP contribution in [0.2, 0.25) is 0 Å². The molecule has 354 valence electrons. The number of furan rings is 1. The van der Waals surface area contributed by atoms with Crippen molar-refractivity contribution in [2.45, 2.75) is 155 Å². The molecule has 0 saturated heterocycles. The highest BCUT2D eigenvalue weighted by molar-refractivity contribution is 7.00. The van der Waals surface area contributed by atoms with Crippen LogP contribution in [0.15, 0.2) is 132 Å². The fraction of sp³-hybridized carbons (Fsp3) is 0.364. The third kappa shape index (κ3) is 6.82. The Morgan fingerprint density at radius 1 is 0.414 bits per heavy atom. The van der Waals surface area contributed by atoms with E-state index in [4.69, 9.17) is 4.42 Å². The first kappa shape index (κ1) is 45.2. The molecule has 2 aliphatic heterocycles. The SMILES string of the molecule is CC(C)(C)c1ccc2c(c1)B1c3cc4c(cc3N(c3ccc(-c5ccc6c(c5)oc5ccccc56)cc3)c3cc(C(C)(C)C)cc(c31)N2c1ccc2c(c1)C(C)(C)CCC2(C)C)C(C)(C)CCC4(C)C. The van der Waals surface area contributed by atoms with Gasteiger partial charge < -0.3 is 14.2 Å². The molecule has 4 heteroatoms. The van der Waals surface area contributed by atoms with Crippen LogP contribution in [-0.2, 0) is 32.5 Å². The number of benzene rings is 7. The van der Waals surface area contributed by atoms with Crippen LogP contribution in [0.25, 0.3) is 33.1 Å². The van der Waals surface area contributed by atoms with E-state index in [9.17, 15) is 0 Å². The van der Waals surface area contributed by atoms with Crippen molar-refractivity contribution in [3.8, 4) is 11.1 Å². The van der Waals surface area contributed by atoms with Gasteiger partial charge in [0, 0.05) is 44.9 Å². The topological polar surface area (TPSA) is 19.6 Å². The lowest BCUT2D eigenvalue weighted by Gasteiger charge is -2.48.